The first-order chi connectivity index (χ1) is 19.8. The average molecular weight is 547 g/mol. The van der Waals surface area contributed by atoms with E-state index in [0.717, 1.165) is 22.3 Å². The minimum Gasteiger partial charge on any atom is -0.508 e. The van der Waals surface area contributed by atoms with Crippen molar-refractivity contribution >= 4 is 28.7 Å². The number of hydrogen-bond acceptors (Lipinski definition) is 6. The molecular formula is C33H26N2O6. The van der Waals surface area contributed by atoms with Crippen molar-refractivity contribution in [1.82, 2.24) is 10.3 Å². The number of benzene rings is 4. The number of carboxylic acids is 1. The van der Waals surface area contributed by atoms with Crippen LogP contribution in [0.2, 0.25) is 0 Å². The standard InChI is InChI=1S/C33H26N2O6/c1-41-33(40)30(16-20-10-13-25(36)14-11-20)35-31(37)29-19-27(32(38)39)26-18-24(12-15-28(26)34-29)23-9-5-8-22(17-23)21-6-3-2-4-7-21/h2-15,17-19,30,36H,16H2,1H3,(H,35,37)(H,38,39)/t30-/m0/s1. The van der Waals surface area contributed by atoms with Gasteiger partial charge in [-0.2, -0.15) is 0 Å². The maximum Gasteiger partial charge on any atom is 0.336 e. The number of rotatable bonds is 8. The van der Waals surface area contributed by atoms with Crippen molar-refractivity contribution in [2.24, 2.45) is 0 Å². The molecule has 41 heavy (non-hydrogen) atoms. The Kier molecular flexibility index (Phi) is 7.74. The molecule has 1 aromatic heterocycles. The number of amides is 1. The Balaban J connectivity index is 1.47. The lowest BCUT2D eigenvalue weighted by molar-refractivity contribution is -0.142. The third kappa shape index (κ3) is 6.07. The van der Waals surface area contributed by atoms with E-state index in [0.29, 0.717) is 16.5 Å². The summed E-state index contributed by atoms with van der Waals surface area (Å²) in [5.74, 6) is -2.53. The zero-order valence-electron chi connectivity index (χ0n) is 22.1. The predicted molar refractivity (Wildman–Crippen MR) is 155 cm³/mol. The van der Waals surface area contributed by atoms with Crippen LogP contribution in [-0.2, 0) is 16.0 Å². The summed E-state index contributed by atoms with van der Waals surface area (Å²) in [5.41, 5.74) is 4.57. The molecule has 0 aliphatic heterocycles. The van der Waals surface area contributed by atoms with Gasteiger partial charge in [0.2, 0.25) is 0 Å². The number of ether oxygens (including phenoxy) is 1. The molecule has 0 unspecified atom stereocenters. The first kappa shape index (κ1) is 27.1. The van der Waals surface area contributed by atoms with Crippen LogP contribution in [0, 0.1) is 0 Å². The van der Waals surface area contributed by atoms with E-state index in [1.165, 1.54) is 25.3 Å². The van der Waals surface area contributed by atoms with Gasteiger partial charge in [-0.3, -0.25) is 4.79 Å². The van der Waals surface area contributed by atoms with Crippen LogP contribution in [0.1, 0.15) is 26.4 Å². The molecular weight excluding hydrogens is 520 g/mol. The van der Waals surface area contributed by atoms with Crippen molar-refractivity contribution in [3.05, 3.63) is 120 Å². The molecule has 0 bridgehead atoms. The number of aromatic nitrogens is 1. The van der Waals surface area contributed by atoms with Gasteiger partial charge in [0, 0.05) is 11.8 Å². The van der Waals surface area contributed by atoms with Crippen LogP contribution in [0.3, 0.4) is 0 Å². The monoisotopic (exact) mass is 546 g/mol. The Hall–Kier alpha value is -5.50. The number of fused-ring (bicyclic) bond motifs is 1. The topological polar surface area (TPSA) is 126 Å². The quantitative estimate of drug-likeness (QED) is 0.220. The van der Waals surface area contributed by atoms with Gasteiger partial charge in [-0.25, -0.2) is 14.6 Å². The van der Waals surface area contributed by atoms with E-state index in [9.17, 15) is 24.6 Å². The number of aromatic hydroxyl groups is 1. The number of phenols is 1. The SMILES string of the molecule is COC(=O)[C@H](Cc1ccc(O)cc1)NC(=O)c1cc(C(=O)O)c2cc(-c3cccc(-c4ccccc4)c3)ccc2n1. The van der Waals surface area contributed by atoms with Crippen molar-refractivity contribution in [1.29, 1.82) is 0 Å². The van der Waals surface area contributed by atoms with E-state index >= 15 is 0 Å². The van der Waals surface area contributed by atoms with Gasteiger partial charge in [-0.05, 0) is 64.2 Å². The van der Waals surface area contributed by atoms with Gasteiger partial charge in [0.1, 0.15) is 17.5 Å². The molecule has 1 heterocycles. The maximum absolute atomic E-state index is 13.2. The van der Waals surface area contributed by atoms with E-state index in [4.69, 9.17) is 4.74 Å². The Labute approximate surface area is 235 Å². The Morgan fingerprint density at radius 1 is 0.805 bits per heavy atom. The second-order valence-corrected chi connectivity index (χ2v) is 9.46. The molecule has 3 N–H and O–H groups in total. The number of hydrogen-bond donors (Lipinski definition) is 3. The molecule has 204 valence electrons. The minimum atomic E-state index is -1.21. The second-order valence-electron chi connectivity index (χ2n) is 9.46. The highest BCUT2D eigenvalue weighted by atomic mass is 16.5. The molecule has 0 spiro atoms. The van der Waals surface area contributed by atoms with Gasteiger partial charge < -0.3 is 20.3 Å². The molecule has 8 heteroatoms. The maximum atomic E-state index is 13.2. The first-order valence-electron chi connectivity index (χ1n) is 12.8. The van der Waals surface area contributed by atoms with E-state index in [2.05, 4.69) is 10.3 Å². The predicted octanol–water partition coefficient (Wildman–Crippen LogP) is 5.49. The Morgan fingerprint density at radius 2 is 1.46 bits per heavy atom. The van der Waals surface area contributed by atoms with Crippen molar-refractivity contribution in [3.8, 4) is 28.0 Å². The smallest absolute Gasteiger partial charge is 0.336 e. The van der Waals surface area contributed by atoms with E-state index in [1.54, 1.807) is 24.3 Å². The summed E-state index contributed by atoms with van der Waals surface area (Å²) in [6.07, 6.45) is 0.101. The fourth-order valence-corrected chi connectivity index (χ4v) is 4.64. The van der Waals surface area contributed by atoms with Gasteiger partial charge in [0.25, 0.3) is 5.91 Å². The molecule has 5 aromatic rings. The number of carbonyl (C=O) groups is 3. The van der Waals surface area contributed by atoms with Gasteiger partial charge in [0.15, 0.2) is 0 Å². The number of carboxylic acid groups (broad SMARTS) is 1. The summed E-state index contributed by atoms with van der Waals surface area (Å²) >= 11 is 0. The highest BCUT2D eigenvalue weighted by Crippen LogP contribution is 2.30. The van der Waals surface area contributed by atoms with Crippen LogP contribution in [-0.4, -0.2) is 46.2 Å². The summed E-state index contributed by atoms with van der Waals surface area (Å²) in [7, 11) is 1.21. The lowest BCUT2D eigenvalue weighted by Crippen LogP contribution is -2.43. The molecule has 8 nitrogen and oxygen atoms in total. The number of nitrogens with one attached hydrogen (secondary N) is 1. The summed E-state index contributed by atoms with van der Waals surface area (Å²) in [5, 5.41) is 22.5. The molecule has 4 aromatic carbocycles. The largest absolute Gasteiger partial charge is 0.508 e. The number of carbonyl (C=O) groups excluding carboxylic acids is 2. The summed E-state index contributed by atoms with van der Waals surface area (Å²) in [6.45, 7) is 0. The summed E-state index contributed by atoms with van der Waals surface area (Å²) < 4.78 is 4.85. The number of esters is 1. The van der Waals surface area contributed by atoms with E-state index < -0.39 is 23.9 Å². The van der Waals surface area contributed by atoms with Crippen LogP contribution >= 0.6 is 0 Å². The number of pyridine rings is 1. The van der Waals surface area contributed by atoms with Gasteiger partial charge in [0.05, 0.1) is 18.2 Å². The molecule has 1 amide bonds. The number of methoxy groups -OCH3 is 1. The zero-order chi connectivity index (χ0) is 28.9. The summed E-state index contributed by atoms with van der Waals surface area (Å²) in [6, 6.07) is 29.5. The first-order valence-corrected chi connectivity index (χ1v) is 12.8. The van der Waals surface area contributed by atoms with Crippen LogP contribution in [0.15, 0.2) is 103 Å². The molecule has 1 atom stereocenters. The van der Waals surface area contributed by atoms with Gasteiger partial charge in [-0.1, -0.05) is 66.7 Å². The molecule has 0 aliphatic rings. The third-order valence-corrected chi connectivity index (χ3v) is 6.74. The second kappa shape index (κ2) is 11.7. The fourth-order valence-electron chi connectivity index (χ4n) is 4.64. The van der Waals surface area contributed by atoms with Crippen molar-refractivity contribution in [2.75, 3.05) is 7.11 Å². The molecule has 5 rings (SSSR count). The Bertz CT molecular complexity index is 1750. The Morgan fingerprint density at radius 3 is 2.15 bits per heavy atom. The molecule has 0 saturated carbocycles. The van der Waals surface area contributed by atoms with E-state index in [-0.39, 0.29) is 23.4 Å². The number of nitrogens with zero attached hydrogens (tertiary/aromatic N) is 1. The molecule has 0 aliphatic carbocycles. The lowest BCUT2D eigenvalue weighted by atomic mass is 9.97. The van der Waals surface area contributed by atoms with Crippen LogP contribution in [0.4, 0.5) is 0 Å². The van der Waals surface area contributed by atoms with Crippen LogP contribution in [0.5, 0.6) is 5.75 Å². The van der Waals surface area contributed by atoms with Crippen molar-refractivity contribution in [3.63, 3.8) is 0 Å². The molecule has 0 saturated heterocycles. The highest BCUT2D eigenvalue weighted by molar-refractivity contribution is 6.07. The van der Waals surface area contributed by atoms with Crippen molar-refractivity contribution < 1.29 is 29.3 Å². The number of aromatic carboxylic acids is 1. The normalized spacial score (nSPS) is 11.5. The lowest BCUT2D eigenvalue weighted by Gasteiger charge is -2.17. The van der Waals surface area contributed by atoms with Gasteiger partial charge >= 0.3 is 11.9 Å². The van der Waals surface area contributed by atoms with E-state index in [1.807, 2.05) is 60.7 Å². The summed E-state index contributed by atoms with van der Waals surface area (Å²) in [4.78, 5) is 42.3. The average Bonchev–Trinajstić information content (AvgIpc) is 3.00. The third-order valence-electron chi connectivity index (χ3n) is 6.74. The van der Waals surface area contributed by atoms with Crippen LogP contribution < -0.4 is 5.32 Å². The van der Waals surface area contributed by atoms with Gasteiger partial charge in [-0.15, -0.1) is 0 Å². The van der Waals surface area contributed by atoms with Crippen LogP contribution in [0.25, 0.3) is 33.2 Å². The fraction of sp³-hybridized carbons (Fsp3) is 0.0909. The van der Waals surface area contributed by atoms with Crippen molar-refractivity contribution in [2.45, 2.75) is 12.5 Å². The zero-order valence-corrected chi connectivity index (χ0v) is 22.1. The highest BCUT2D eigenvalue weighted by Gasteiger charge is 2.25. The minimum absolute atomic E-state index is 0.0704. The molecule has 0 fully saturated rings. The molecule has 0 radical (unpaired) electrons. The number of phenolic OH excluding ortho intramolecular Hbond substituents is 1.